The molecule has 1 saturated carbocycles. The van der Waals surface area contributed by atoms with E-state index >= 15 is 0 Å². The lowest BCUT2D eigenvalue weighted by Gasteiger charge is -2.44. The molecule has 156 valence electrons. The summed E-state index contributed by atoms with van der Waals surface area (Å²) < 4.78 is 7.52. The maximum atomic E-state index is 7.52. The molecular weight excluding hydrogens is 380 g/mol. The van der Waals surface area contributed by atoms with Gasteiger partial charge in [-0.2, -0.15) is 0 Å². The molecule has 1 nitrogen and oxygen atoms in total. The molecule has 30 heavy (non-hydrogen) atoms. The van der Waals surface area contributed by atoms with Gasteiger partial charge < -0.3 is 4.43 Å². The summed E-state index contributed by atoms with van der Waals surface area (Å²) in [6, 6.07) is 33.0. The van der Waals surface area contributed by atoms with Crippen LogP contribution in [0.3, 0.4) is 0 Å². The Morgan fingerprint density at radius 1 is 0.700 bits per heavy atom. The molecule has 0 bridgehead atoms. The monoisotopic (exact) mass is 414 g/mol. The van der Waals surface area contributed by atoms with E-state index in [-0.39, 0.29) is 0 Å². The predicted octanol–water partition coefficient (Wildman–Crippen LogP) is 5.13. The van der Waals surface area contributed by atoms with E-state index in [2.05, 4.69) is 112 Å². The van der Waals surface area contributed by atoms with Crippen molar-refractivity contribution in [2.45, 2.75) is 46.1 Å². The maximum Gasteiger partial charge on any atom is 0.288 e. The Bertz CT molecular complexity index is 810. The van der Waals surface area contributed by atoms with E-state index in [4.69, 9.17) is 4.43 Å². The molecule has 3 atom stereocenters. The lowest BCUT2D eigenvalue weighted by Crippen LogP contribution is -2.71. The van der Waals surface area contributed by atoms with Gasteiger partial charge in [0.1, 0.15) is 0 Å². The van der Waals surface area contributed by atoms with E-state index in [1.54, 1.807) is 0 Å². The molecule has 0 radical (unpaired) electrons. The summed E-state index contributed by atoms with van der Waals surface area (Å²) in [5.41, 5.74) is 0. The van der Waals surface area contributed by atoms with E-state index < -0.39 is 8.32 Å². The molecule has 1 fully saturated rings. The zero-order valence-electron chi connectivity index (χ0n) is 18.5. The first kappa shape index (κ1) is 21.1. The van der Waals surface area contributed by atoms with E-state index in [9.17, 15) is 0 Å². The Kier molecular flexibility index (Phi) is 6.55. The smallest absolute Gasteiger partial charge is 0.288 e. The second kappa shape index (κ2) is 9.32. The van der Waals surface area contributed by atoms with Crippen molar-refractivity contribution in [3.63, 3.8) is 0 Å². The molecule has 0 spiro atoms. The van der Waals surface area contributed by atoms with Crippen LogP contribution in [-0.4, -0.2) is 14.4 Å². The van der Waals surface area contributed by atoms with Crippen LogP contribution in [0.1, 0.15) is 40.0 Å². The molecule has 1 aliphatic rings. The van der Waals surface area contributed by atoms with Gasteiger partial charge in [0.05, 0.1) is 0 Å². The highest BCUT2D eigenvalue weighted by Crippen LogP contribution is 2.36. The van der Waals surface area contributed by atoms with E-state index in [0.29, 0.717) is 17.9 Å². The third-order valence-corrected chi connectivity index (χ3v) is 10.9. The second-order valence-electron chi connectivity index (χ2n) is 9.26. The van der Waals surface area contributed by atoms with Crippen LogP contribution in [0.25, 0.3) is 0 Å². The van der Waals surface area contributed by atoms with Gasteiger partial charge in [0.2, 0.25) is 0 Å². The van der Waals surface area contributed by atoms with Gasteiger partial charge in [0, 0.05) is 6.10 Å². The van der Waals surface area contributed by atoms with Crippen LogP contribution >= 0.6 is 0 Å². The van der Waals surface area contributed by atoms with Crippen molar-refractivity contribution < 1.29 is 4.43 Å². The van der Waals surface area contributed by atoms with Crippen molar-refractivity contribution in [2.75, 3.05) is 0 Å². The molecule has 2 heteroatoms. The normalized spacial score (nSPS) is 22.2. The van der Waals surface area contributed by atoms with E-state index in [1.807, 2.05) is 0 Å². The van der Waals surface area contributed by atoms with E-state index in [1.165, 1.54) is 28.4 Å². The molecule has 0 saturated heterocycles. The molecule has 0 aliphatic heterocycles. The lowest BCUT2D eigenvalue weighted by atomic mass is 9.75. The summed E-state index contributed by atoms with van der Waals surface area (Å²) >= 11 is 0. The molecule has 3 aromatic rings. The fraction of sp³-hybridized carbons (Fsp3) is 0.357. The number of benzene rings is 3. The highest BCUT2D eigenvalue weighted by atomic mass is 28.4. The highest BCUT2D eigenvalue weighted by Gasteiger charge is 2.46. The minimum Gasteiger partial charge on any atom is -0.401 e. The van der Waals surface area contributed by atoms with E-state index in [0.717, 1.165) is 12.3 Å². The van der Waals surface area contributed by atoms with Crippen molar-refractivity contribution in [1.82, 2.24) is 0 Å². The van der Waals surface area contributed by atoms with Crippen molar-refractivity contribution in [2.24, 2.45) is 17.8 Å². The largest absolute Gasteiger partial charge is 0.401 e. The fourth-order valence-corrected chi connectivity index (χ4v) is 9.32. The van der Waals surface area contributed by atoms with Gasteiger partial charge in [-0.3, -0.25) is 0 Å². The molecule has 0 heterocycles. The Hall–Kier alpha value is -2.16. The summed E-state index contributed by atoms with van der Waals surface area (Å²) in [5, 5.41) is 4.01. The summed E-state index contributed by atoms with van der Waals surface area (Å²) in [6.07, 6.45) is 4.04. The minimum atomic E-state index is -2.63. The average molecular weight is 415 g/mol. The summed E-state index contributed by atoms with van der Waals surface area (Å²) in [5.74, 6) is 1.97. The summed E-state index contributed by atoms with van der Waals surface area (Å²) in [6.45, 7) is 7.13. The minimum absolute atomic E-state index is 0.293. The Morgan fingerprint density at radius 3 is 1.53 bits per heavy atom. The van der Waals surface area contributed by atoms with Gasteiger partial charge in [-0.25, -0.2) is 0 Å². The Labute approximate surface area is 183 Å². The van der Waals surface area contributed by atoms with Crippen LogP contribution in [0.4, 0.5) is 0 Å². The quantitative estimate of drug-likeness (QED) is 0.401. The van der Waals surface area contributed by atoms with Gasteiger partial charge in [0.15, 0.2) is 0 Å². The molecule has 1 aliphatic carbocycles. The van der Waals surface area contributed by atoms with Crippen LogP contribution in [0.15, 0.2) is 91.0 Å². The Morgan fingerprint density at radius 2 is 1.13 bits per heavy atom. The summed E-state index contributed by atoms with van der Waals surface area (Å²) in [7, 11) is -2.63. The number of rotatable bonds is 6. The molecule has 0 aromatic heterocycles. The number of hydrogen-bond acceptors (Lipinski definition) is 1. The third kappa shape index (κ3) is 4.17. The van der Waals surface area contributed by atoms with Crippen molar-refractivity contribution in [1.29, 1.82) is 0 Å². The first-order chi connectivity index (χ1) is 14.6. The first-order valence-electron chi connectivity index (χ1n) is 11.5. The van der Waals surface area contributed by atoms with Crippen LogP contribution in [-0.2, 0) is 4.43 Å². The molecule has 0 amide bonds. The van der Waals surface area contributed by atoms with Crippen LogP contribution in [0.5, 0.6) is 0 Å². The van der Waals surface area contributed by atoms with Gasteiger partial charge in [0.25, 0.3) is 8.32 Å². The lowest BCUT2D eigenvalue weighted by molar-refractivity contribution is 0.0442. The molecule has 0 N–H and O–H groups in total. The van der Waals surface area contributed by atoms with Gasteiger partial charge in [-0.1, -0.05) is 118 Å². The molecule has 4 rings (SSSR count). The SMILES string of the molecule is CC(C)[C@@H]1CC[C@@H](C)C[C@@H]1O[Si](c1ccccc1)(c1ccccc1)c1ccccc1. The van der Waals surface area contributed by atoms with Crippen molar-refractivity contribution in [3.8, 4) is 0 Å². The van der Waals surface area contributed by atoms with Crippen LogP contribution in [0, 0.1) is 17.8 Å². The highest BCUT2D eigenvalue weighted by molar-refractivity contribution is 7.07. The van der Waals surface area contributed by atoms with Gasteiger partial charge >= 0.3 is 0 Å². The topological polar surface area (TPSA) is 9.23 Å². The van der Waals surface area contributed by atoms with Crippen molar-refractivity contribution >= 4 is 23.9 Å². The standard InChI is InChI=1S/C28H34OSi/c1-22(2)27-20-19-23(3)21-28(27)29-30(24-13-7-4-8-14-24,25-15-9-5-10-16-25)26-17-11-6-12-18-26/h4-18,22-23,27-28H,19-21H2,1-3H3/t23-,27+,28+/m1/s1. The first-order valence-corrected chi connectivity index (χ1v) is 13.4. The van der Waals surface area contributed by atoms with Crippen LogP contribution in [0.2, 0.25) is 0 Å². The average Bonchev–Trinajstić information content (AvgIpc) is 2.79. The van der Waals surface area contributed by atoms with Crippen LogP contribution < -0.4 is 15.6 Å². The zero-order chi connectivity index (χ0) is 21.0. The van der Waals surface area contributed by atoms with Crippen molar-refractivity contribution in [3.05, 3.63) is 91.0 Å². The summed E-state index contributed by atoms with van der Waals surface area (Å²) in [4.78, 5) is 0. The Balaban J connectivity index is 1.91. The maximum absolute atomic E-state index is 7.52. The van der Waals surface area contributed by atoms with Gasteiger partial charge in [-0.15, -0.1) is 0 Å². The zero-order valence-corrected chi connectivity index (χ0v) is 19.5. The molecule has 0 unspecified atom stereocenters. The third-order valence-electron chi connectivity index (χ3n) is 6.83. The predicted molar refractivity (Wildman–Crippen MR) is 130 cm³/mol. The second-order valence-corrected chi connectivity index (χ2v) is 12.6. The molecular formula is C28H34OSi. The number of hydrogen-bond donors (Lipinski definition) is 0. The molecule has 3 aromatic carbocycles. The fourth-order valence-electron chi connectivity index (χ4n) is 5.20. The van der Waals surface area contributed by atoms with Gasteiger partial charge in [-0.05, 0) is 46.2 Å².